The van der Waals surface area contributed by atoms with Crippen molar-refractivity contribution in [1.82, 2.24) is 0 Å². The molecule has 21 heavy (non-hydrogen) atoms. The number of carbonyl (C=O) groups is 2. The van der Waals surface area contributed by atoms with Crippen LogP contribution < -0.4 is 0 Å². The highest BCUT2D eigenvalue weighted by atomic mass is 16.4. The van der Waals surface area contributed by atoms with Crippen LogP contribution in [0.5, 0.6) is 0 Å². The second kappa shape index (κ2) is 10.7. The van der Waals surface area contributed by atoms with Gasteiger partial charge in [-0.05, 0) is 23.8 Å². The maximum Gasteiger partial charge on any atom is 0.327 e. The van der Waals surface area contributed by atoms with Crippen molar-refractivity contribution in [3.63, 3.8) is 0 Å². The Balaban J connectivity index is 0.000000690. The topological polar surface area (TPSA) is 78.2 Å². The van der Waals surface area contributed by atoms with Gasteiger partial charge in [0.1, 0.15) is 0 Å². The van der Waals surface area contributed by atoms with Crippen molar-refractivity contribution < 1.29 is 14.7 Å². The third kappa shape index (κ3) is 8.51. The Bertz CT molecular complexity index is 605. The highest BCUT2D eigenvalue weighted by Gasteiger charge is 2.01. The summed E-state index contributed by atoms with van der Waals surface area (Å²) < 4.78 is 0. The van der Waals surface area contributed by atoms with E-state index in [1.165, 1.54) is 18.2 Å². The number of allylic oxidation sites excluding steroid dienone is 4. The Morgan fingerprint density at radius 2 is 1.71 bits per heavy atom. The van der Waals surface area contributed by atoms with Crippen molar-refractivity contribution in [2.24, 2.45) is 0 Å². The molecular weight excluding hydrogens is 266 g/mol. The normalized spacial score (nSPS) is 9.95. The van der Waals surface area contributed by atoms with Crippen LogP contribution in [-0.2, 0) is 9.59 Å². The Kier molecular flexibility index (Phi) is 9.08. The van der Waals surface area contributed by atoms with Gasteiger partial charge in [0.2, 0.25) is 0 Å². The summed E-state index contributed by atoms with van der Waals surface area (Å²) in [5, 5.41) is 16.0. The number of carboxylic acid groups (broad SMARTS) is 1. The maximum absolute atomic E-state index is 11.5. The Morgan fingerprint density at radius 3 is 2.14 bits per heavy atom. The lowest BCUT2D eigenvalue weighted by molar-refractivity contribution is -0.131. The Hall–Kier alpha value is -3.19. The molecule has 0 atom stereocenters. The molecule has 0 aliphatic heterocycles. The van der Waals surface area contributed by atoms with Crippen LogP contribution in [0, 0.1) is 11.3 Å². The van der Waals surface area contributed by atoms with Crippen molar-refractivity contribution in [1.29, 1.82) is 5.26 Å². The zero-order chi connectivity index (χ0) is 16.1. The second-order valence-corrected chi connectivity index (χ2v) is 3.58. The molecule has 106 valence electrons. The van der Waals surface area contributed by atoms with Crippen LogP contribution in [0.25, 0.3) is 6.08 Å². The lowest BCUT2D eigenvalue weighted by Gasteiger charge is -1.97. The predicted octanol–water partition coefficient (Wildman–Crippen LogP) is 3.16. The number of carboxylic acids is 1. The lowest BCUT2D eigenvalue weighted by atomic mass is 10.1. The Labute approximate surface area is 123 Å². The second-order valence-electron chi connectivity index (χ2n) is 3.58. The highest BCUT2D eigenvalue weighted by Crippen LogP contribution is 2.09. The quantitative estimate of drug-likeness (QED) is 0.511. The average Bonchev–Trinajstić information content (AvgIpc) is 2.52. The third-order valence-corrected chi connectivity index (χ3v) is 2.10. The Morgan fingerprint density at radius 1 is 1.14 bits per heavy atom. The molecule has 0 aliphatic rings. The van der Waals surface area contributed by atoms with Gasteiger partial charge in [0.05, 0.1) is 6.07 Å². The van der Waals surface area contributed by atoms with Gasteiger partial charge in [-0.15, -0.1) is 0 Å². The van der Waals surface area contributed by atoms with E-state index in [0.29, 0.717) is 5.57 Å². The van der Waals surface area contributed by atoms with Crippen LogP contribution in [-0.4, -0.2) is 16.9 Å². The van der Waals surface area contributed by atoms with Crippen molar-refractivity contribution in [2.45, 2.75) is 0 Å². The van der Waals surface area contributed by atoms with Crippen molar-refractivity contribution in [2.75, 3.05) is 0 Å². The fourth-order valence-electron chi connectivity index (χ4n) is 1.18. The molecule has 4 nitrogen and oxygen atoms in total. The van der Waals surface area contributed by atoms with E-state index in [9.17, 15) is 9.59 Å². The van der Waals surface area contributed by atoms with E-state index in [-0.39, 0.29) is 5.78 Å². The summed E-state index contributed by atoms with van der Waals surface area (Å²) in [7, 11) is 0. The van der Waals surface area contributed by atoms with Gasteiger partial charge in [-0.1, -0.05) is 43.5 Å². The van der Waals surface area contributed by atoms with Crippen LogP contribution in [0.1, 0.15) is 5.56 Å². The van der Waals surface area contributed by atoms with Crippen LogP contribution >= 0.6 is 0 Å². The molecular formula is C17H15NO3. The monoisotopic (exact) mass is 281 g/mol. The maximum atomic E-state index is 11.5. The van der Waals surface area contributed by atoms with Gasteiger partial charge in [-0.2, -0.15) is 5.26 Å². The molecule has 0 radical (unpaired) electrons. The molecule has 0 aliphatic carbocycles. The number of nitriles is 1. The molecule has 4 heteroatoms. The molecule has 1 aromatic carbocycles. The van der Waals surface area contributed by atoms with E-state index < -0.39 is 5.97 Å². The summed E-state index contributed by atoms with van der Waals surface area (Å²) in [6, 6.07) is 11.3. The summed E-state index contributed by atoms with van der Waals surface area (Å²) in [5.74, 6) is -1.18. The molecule has 0 heterocycles. The molecule has 1 rings (SSSR count). The standard InChI is InChI=1S/C14H11NO.C3H4O2/c1-2-14(16)13(9-6-10-15)11-12-7-4-3-5-8-12;1-2-3(4)5/h2-9,11H,1H2;2H,1H2,(H,4,5). The highest BCUT2D eigenvalue weighted by molar-refractivity contribution is 6.09. The molecule has 0 saturated carbocycles. The fourth-order valence-corrected chi connectivity index (χ4v) is 1.18. The van der Waals surface area contributed by atoms with Gasteiger partial charge in [-0.25, -0.2) is 4.79 Å². The number of hydrogen-bond donors (Lipinski definition) is 1. The van der Waals surface area contributed by atoms with Crippen LogP contribution in [0.3, 0.4) is 0 Å². The van der Waals surface area contributed by atoms with E-state index in [2.05, 4.69) is 13.2 Å². The van der Waals surface area contributed by atoms with E-state index in [4.69, 9.17) is 10.4 Å². The number of ketones is 1. The summed E-state index contributed by atoms with van der Waals surface area (Å²) >= 11 is 0. The number of hydrogen-bond acceptors (Lipinski definition) is 3. The van der Waals surface area contributed by atoms with Gasteiger partial charge in [0, 0.05) is 17.7 Å². The summed E-state index contributed by atoms with van der Waals surface area (Å²) in [5.41, 5.74) is 1.36. The van der Waals surface area contributed by atoms with Crippen LogP contribution in [0.4, 0.5) is 0 Å². The van der Waals surface area contributed by atoms with E-state index >= 15 is 0 Å². The molecule has 0 spiro atoms. The number of benzene rings is 1. The van der Waals surface area contributed by atoms with Crippen molar-refractivity contribution >= 4 is 17.8 Å². The summed E-state index contributed by atoms with van der Waals surface area (Å²) in [6.45, 7) is 6.38. The van der Waals surface area contributed by atoms with Crippen molar-refractivity contribution in [3.05, 3.63) is 78.9 Å². The number of carbonyl (C=O) groups excluding carboxylic acids is 1. The minimum atomic E-state index is -0.981. The first kappa shape index (κ1) is 17.8. The van der Waals surface area contributed by atoms with Crippen LogP contribution in [0.15, 0.2) is 73.4 Å². The van der Waals surface area contributed by atoms with Gasteiger partial charge >= 0.3 is 5.97 Å². The van der Waals surface area contributed by atoms with Crippen LogP contribution in [0.2, 0.25) is 0 Å². The summed E-state index contributed by atoms with van der Waals surface area (Å²) in [4.78, 5) is 20.7. The molecule has 0 saturated heterocycles. The van der Waals surface area contributed by atoms with E-state index in [1.54, 1.807) is 6.08 Å². The van der Waals surface area contributed by atoms with Gasteiger partial charge in [0.25, 0.3) is 0 Å². The molecule has 0 aromatic heterocycles. The lowest BCUT2D eigenvalue weighted by Crippen LogP contribution is -1.94. The minimum Gasteiger partial charge on any atom is -0.478 e. The average molecular weight is 281 g/mol. The minimum absolute atomic E-state index is 0.199. The van der Waals surface area contributed by atoms with E-state index in [0.717, 1.165) is 11.6 Å². The molecule has 1 aromatic rings. The first-order valence-corrected chi connectivity index (χ1v) is 5.90. The molecule has 0 fully saturated rings. The zero-order valence-electron chi connectivity index (χ0n) is 11.4. The van der Waals surface area contributed by atoms with Gasteiger partial charge in [0.15, 0.2) is 5.78 Å². The fraction of sp³-hybridized carbons (Fsp3) is 0. The summed E-state index contributed by atoms with van der Waals surface area (Å²) in [6.07, 6.45) is 6.54. The number of nitrogens with zero attached hydrogens (tertiary/aromatic N) is 1. The molecule has 0 unspecified atom stereocenters. The molecule has 0 bridgehead atoms. The SMILES string of the molecule is C=CC(=O)C(C=CC#N)=Cc1ccccc1.C=CC(=O)O. The zero-order valence-corrected chi connectivity index (χ0v) is 11.4. The van der Waals surface area contributed by atoms with Crippen molar-refractivity contribution in [3.8, 4) is 6.07 Å². The van der Waals surface area contributed by atoms with Gasteiger partial charge < -0.3 is 5.11 Å². The first-order valence-electron chi connectivity index (χ1n) is 5.90. The van der Waals surface area contributed by atoms with Gasteiger partial charge in [-0.3, -0.25) is 4.79 Å². The third-order valence-electron chi connectivity index (χ3n) is 2.10. The predicted molar refractivity (Wildman–Crippen MR) is 82.2 cm³/mol. The largest absolute Gasteiger partial charge is 0.478 e. The number of rotatable bonds is 5. The molecule has 0 amide bonds. The van der Waals surface area contributed by atoms with E-state index in [1.807, 2.05) is 36.4 Å². The number of aliphatic carboxylic acids is 1. The smallest absolute Gasteiger partial charge is 0.327 e. The first-order chi connectivity index (χ1) is 10.0. The molecule has 1 N–H and O–H groups in total.